The molecule has 0 saturated carbocycles. The average molecular weight is 1480 g/mol. The van der Waals surface area contributed by atoms with E-state index < -0.39 is 0 Å². The summed E-state index contributed by atoms with van der Waals surface area (Å²) in [7, 11) is 0. The molecule has 0 saturated heterocycles. The molecule has 116 heavy (non-hydrogen) atoms. The number of hydrogen-bond acceptors (Lipinski definition) is 6. The van der Waals surface area contributed by atoms with Gasteiger partial charge >= 0.3 is 0 Å². The second-order valence-electron chi connectivity index (χ2n) is 29.9. The number of benzene rings is 13. The number of pyridine rings is 5. The van der Waals surface area contributed by atoms with Crippen LogP contribution in [0.25, 0.3) is 221 Å². The number of aromatic nitrogens is 11. The van der Waals surface area contributed by atoms with Gasteiger partial charge in [-0.2, -0.15) is 5.26 Å². The Hall–Kier alpha value is -16.1. The van der Waals surface area contributed by atoms with Gasteiger partial charge in [0.15, 0.2) is 0 Å². The van der Waals surface area contributed by atoms with Gasteiger partial charge in [-0.15, -0.1) is 0 Å². The first kappa shape index (κ1) is 64.7. The summed E-state index contributed by atoms with van der Waals surface area (Å²) in [6.07, 6.45) is 19.0. The van der Waals surface area contributed by atoms with Crippen molar-refractivity contribution in [2.45, 2.75) is 0 Å². The average Bonchev–Trinajstić information content (AvgIpc) is 0.946. The highest BCUT2D eigenvalue weighted by atomic mass is 15.2. The molecule has 0 unspecified atom stereocenters. The lowest BCUT2D eigenvalue weighted by Gasteiger charge is -2.32. The van der Waals surface area contributed by atoms with Crippen LogP contribution >= 0.6 is 0 Å². The lowest BCUT2D eigenvalue weighted by atomic mass is 10.0. The second kappa shape index (κ2) is 25.5. The van der Waals surface area contributed by atoms with Gasteiger partial charge in [-0.1, -0.05) is 170 Å². The van der Waals surface area contributed by atoms with Crippen LogP contribution in [0.2, 0.25) is 0 Å². The van der Waals surface area contributed by atoms with Gasteiger partial charge < -0.3 is 27.4 Å². The molecule has 0 fully saturated rings. The summed E-state index contributed by atoms with van der Waals surface area (Å²) in [5.74, 6) is 0. The minimum absolute atomic E-state index is 0.557. The molecular weight excluding hydrogens is 1420 g/mol. The maximum Gasteiger partial charge on any atom is 0.0992 e. The summed E-state index contributed by atoms with van der Waals surface area (Å²) in [5, 5.41) is 23.7. The minimum atomic E-state index is 0.557. The van der Waals surface area contributed by atoms with Gasteiger partial charge in [0.25, 0.3) is 0 Å². The molecule has 0 atom stereocenters. The first-order valence-corrected chi connectivity index (χ1v) is 38.9. The summed E-state index contributed by atoms with van der Waals surface area (Å²) >= 11 is 0. The summed E-state index contributed by atoms with van der Waals surface area (Å²) < 4.78 is 15.6. The van der Waals surface area contributed by atoms with Crippen molar-refractivity contribution in [3.8, 4) is 95.8 Å². The Morgan fingerprint density at radius 1 is 0.172 bits per heavy atom. The number of fused-ring (bicyclic) bond motifs is 18. The third-order valence-electron chi connectivity index (χ3n) is 23.8. The van der Waals surface area contributed by atoms with Gasteiger partial charge in [0.2, 0.25) is 0 Å². The van der Waals surface area contributed by atoms with Gasteiger partial charge in [0, 0.05) is 154 Å². The highest BCUT2D eigenvalue weighted by Crippen LogP contribution is 2.55. The number of nitriles is 1. The van der Waals surface area contributed by atoms with Crippen LogP contribution in [0.15, 0.2) is 377 Å². The molecule has 0 radical (unpaired) electrons. The van der Waals surface area contributed by atoms with Crippen LogP contribution < -0.4 is 0 Å². The zero-order valence-corrected chi connectivity index (χ0v) is 62.2. The largest absolute Gasteiger partial charge is 0.305 e. The molecule has 0 N–H and O–H groups in total. The van der Waals surface area contributed by atoms with Crippen molar-refractivity contribution < 1.29 is 0 Å². The molecule has 12 heteroatoms. The fourth-order valence-corrected chi connectivity index (χ4v) is 18.9. The standard InChI is InChI=1S/C104H62N12/c105-58-64-35-41-93-81(52-64)75-23-1-7-29-87(75)111(93)99-100(112-88-30-8-2-24-76(88)82-53-65(36-42-94(82)112)70-18-13-47-106-59-70)102(114-90-32-10-4-26-78(90)84-55-67(38-44-96(84)114)72-20-15-49-108-61-72)104(116-92-34-12-6-28-80(92)86-57-69(40-46-98(86)116)74-22-17-51-110-63-74)103(115-91-33-11-5-27-79(91)85-56-68(39-45-97(85)115)73-21-16-50-109-62-73)101(99)113-89-31-9-3-25-77(89)83-54-66(37-43-95(83)113)71-19-14-48-107-60-71/h1-57,59-63H. The van der Waals surface area contributed by atoms with E-state index in [0.29, 0.717) is 5.56 Å². The van der Waals surface area contributed by atoms with E-state index in [1.807, 2.05) is 98.4 Å². The van der Waals surface area contributed by atoms with Gasteiger partial charge in [-0.05, 0) is 173 Å². The Morgan fingerprint density at radius 3 is 0.560 bits per heavy atom. The fraction of sp³-hybridized carbons (Fsp3) is 0. The summed E-state index contributed by atoms with van der Waals surface area (Å²) in [6.45, 7) is 0. The molecule has 12 nitrogen and oxygen atoms in total. The quantitative estimate of drug-likeness (QED) is 0.127. The molecule has 0 aliphatic rings. The zero-order chi connectivity index (χ0) is 76.2. The summed E-state index contributed by atoms with van der Waals surface area (Å²) in [4.78, 5) is 23.5. The van der Waals surface area contributed by atoms with Crippen molar-refractivity contribution in [3.05, 3.63) is 383 Å². The monoisotopic (exact) mass is 1480 g/mol. The van der Waals surface area contributed by atoms with Crippen LogP contribution in [0.1, 0.15) is 5.56 Å². The first-order chi connectivity index (χ1) is 57.6. The van der Waals surface area contributed by atoms with Crippen LogP contribution in [0.4, 0.5) is 0 Å². The molecular formula is C104H62N12. The van der Waals surface area contributed by atoms with Crippen molar-refractivity contribution in [3.63, 3.8) is 0 Å². The molecule has 0 spiro atoms. The maximum atomic E-state index is 11.2. The first-order valence-electron chi connectivity index (χ1n) is 38.9. The molecule has 0 aliphatic heterocycles. The van der Waals surface area contributed by atoms with Crippen LogP contribution in [0.3, 0.4) is 0 Å². The lowest BCUT2D eigenvalue weighted by Crippen LogP contribution is -2.20. The second-order valence-corrected chi connectivity index (χ2v) is 29.9. The molecule has 11 heterocycles. The lowest BCUT2D eigenvalue weighted by molar-refractivity contribution is 0.971. The highest BCUT2D eigenvalue weighted by molar-refractivity contribution is 6.21. The van der Waals surface area contributed by atoms with Crippen LogP contribution in [0.5, 0.6) is 0 Å². The molecule has 13 aromatic carbocycles. The van der Waals surface area contributed by atoms with Gasteiger partial charge in [0.1, 0.15) is 0 Å². The Labute approximate surface area is 663 Å². The van der Waals surface area contributed by atoms with E-state index in [4.69, 9.17) is 24.9 Å². The number of nitrogens with zero attached hydrogens (tertiary/aromatic N) is 12. The Morgan fingerprint density at radius 2 is 0.362 bits per heavy atom. The number of rotatable bonds is 11. The van der Waals surface area contributed by atoms with E-state index in [0.717, 1.165) is 221 Å². The topological polar surface area (TPSA) is 118 Å². The highest BCUT2D eigenvalue weighted by Gasteiger charge is 2.39. The minimum Gasteiger partial charge on any atom is -0.305 e. The van der Waals surface area contributed by atoms with E-state index in [1.165, 1.54) is 0 Å². The van der Waals surface area contributed by atoms with Crippen molar-refractivity contribution >= 4 is 131 Å². The third kappa shape index (κ3) is 9.57. The molecule has 0 amide bonds. The molecule has 24 rings (SSSR count). The number of hydrogen-bond donors (Lipinski definition) is 0. The SMILES string of the molecule is N#Cc1ccc2c(c1)c1ccccc1n2-c1c(-n2c3ccccc3c3cc(-c4cccnc4)ccc32)c(-n2c3ccccc3c3cc(-c4cccnc4)ccc32)c(-n2c3ccccc3c3cc(-c4cccnc4)ccc32)c(-n2c3ccccc3c3cc(-c4cccnc4)ccc32)c1-n1c2ccccc2c2cc(-c3cccnc3)ccc21. The maximum absolute atomic E-state index is 11.2. The predicted molar refractivity (Wildman–Crippen MR) is 473 cm³/mol. The van der Waals surface area contributed by atoms with E-state index in [9.17, 15) is 5.26 Å². The zero-order valence-electron chi connectivity index (χ0n) is 62.2. The van der Waals surface area contributed by atoms with Crippen LogP contribution in [0, 0.1) is 11.3 Å². The van der Waals surface area contributed by atoms with E-state index in [1.54, 1.807) is 0 Å². The summed E-state index contributed by atoms with van der Waals surface area (Å²) in [6, 6.07) is 118. The van der Waals surface area contributed by atoms with Crippen molar-refractivity contribution in [1.29, 1.82) is 5.26 Å². The molecule has 24 aromatic rings. The van der Waals surface area contributed by atoms with Crippen molar-refractivity contribution in [1.82, 2.24) is 52.3 Å². The van der Waals surface area contributed by atoms with Gasteiger partial charge in [0.05, 0.1) is 112 Å². The van der Waals surface area contributed by atoms with Crippen molar-refractivity contribution in [2.24, 2.45) is 0 Å². The number of para-hydroxylation sites is 6. The summed E-state index contributed by atoms with van der Waals surface area (Å²) in [5.41, 5.74) is 27.8. The molecule has 538 valence electrons. The molecule has 0 aliphatic carbocycles. The normalized spacial score (nSPS) is 12.0. The third-order valence-corrected chi connectivity index (χ3v) is 23.8. The predicted octanol–water partition coefficient (Wildman–Crippen LogP) is 25.5. The molecule has 0 bridgehead atoms. The fourth-order valence-electron chi connectivity index (χ4n) is 18.9. The van der Waals surface area contributed by atoms with Gasteiger partial charge in [-0.3, -0.25) is 24.9 Å². The van der Waals surface area contributed by atoms with Gasteiger partial charge in [-0.25, -0.2) is 0 Å². The Bertz CT molecular complexity index is 7930. The van der Waals surface area contributed by atoms with E-state index >= 15 is 0 Å². The van der Waals surface area contributed by atoms with E-state index in [2.05, 4.69) is 313 Å². The van der Waals surface area contributed by atoms with Crippen molar-refractivity contribution in [2.75, 3.05) is 0 Å². The Kier molecular flexibility index (Phi) is 14.2. The van der Waals surface area contributed by atoms with E-state index in [-0.39, 0.29) is 0 Å². The Balaban J connectivity index is 1.04. The van der Waals surface area contributed by atoms with Crippen LogP contribution in [-0.2, 0) is 0 Å². The smallest absolute Gasteiger partial charge is 0.0992 e. The molecule has 11 aromatic heterocycles. The van der Waals surface area contributed by atoms with Crippen LogP contribution in [-0.4, -0.2) is 52.3 Å².